The molecule has 0 unspecified atom stereocenters. The van der Waals surface area contributed by atoms with Crippen LogP contribution < -0.4 is 5.32 Å². The van der Waals surface area contributed by atoms with Crippen molar-refractivity contribution in [1.82, 2.24) is 5.32 Å². The number of nitrogens with one attached hydrogen (secondary N) is 1. The molecule has 0 bridgehead atoms. The van der Waals surface area contributed by atoms with E-state index < -0.39 is 17.8 Å². The number of carbonyl (C=O) groups excluding carboxylic acids is 1. The highest BCUT2D eigenvalue weighted by atomic mass is 79.9. The molecule has 0 fully saturated rings. The highest BCUT2D eigenvalue weighted by Crippen LogP contribution is 2.17. The lowest BCUT2D eigenvalue weighted by molar-refractivity contribution is 0.0878. The highest BCUT2D eigenvalue weighted by Gasteiger charge is 2.15. The summed E-state index contributed by atoms with van der Waals surface area (Å²) in [5.74, 6) is -1.09. The zero-order chi connectivity index (χ0) is 12.1. The number of amides is 1. The van der Waals surface area contributed by atoms with Crippen LogP contribution in [-0.2, 0) is 0 Å². The molecule has 3 N–H and O–H groups in total. The number of benzene rings is 1. The van der Waals surface area contributed by atoms with Crippen LogP contribution >= 0.6 is 15.9 Å². The van der Waals surface area contributed by atoms with Crippen molar-refractivity contribution >= 4 is 21.8 Å². The minimum absolute atomic E-state index is 0.118. The molecule has 0 saturated carbocycles. The normalized spacial score (nSPS) is 10.6. The maximum atomic E-state index is 12.9. The summed E-state index contributed by atoms with van der Waals surface area (Å²) in [4.78, 5) is 11.6. The molecular formula is C10H11BrFNO3. The summed E-state index contributed by atoms with van der Waals surface area (Å²) in [6.07, 6.45) is 0. The van der Waals surface area contributed by atoms with Crippen LogP contribution in [0, 0.1) is 5.82 Å². The summed E-state index contributed by atoms with van der Waals surface area (Å²) in [6.45, 7) is -0.760. The van der Waals surface area contributed by atoms with E-state index in [1.807, 2.05) is 0 Å². The summed E-state index contributed by atoms with van der Waals surface area (Å²) >= 11 is 3.11. The van der Waals surface area contributed by atoms with Crippen LogP contribution in [0.25, 0.3) is 0 Å². The summed E-state index contributed by atoms with van der Waals surface area (Å²) in [6, 6.07) is 2.96. The largest absolute Gasteiger partial charge is 0.394 e. The first-order valence-electron chi connectivity index (χ1n) is 4.56. The number of aliphatic hydroxyl groups excluding tert-OH is 2. The van der Waals surface area contributed by atoms with Crippen LogP contribution in [-0.4, -0.2) is 35.4 Å². The van der Waals surface area contributed by atoms with Gasteiger partial charge in [-0.25, -0.2) is 4.39 Å². The van der Waals surface area contributed by atoms with E-state index in [1.54, 1.807) is 0 Å². The molecule has 88 valence electrons. The highest BCUT2D eigenvalue weighted by molar-refractivity contribution is 9.10. The second kappa shape index (κ2) is 5.93. The van der Waals surface area contributed by atoms with E-state index in [4.69, 9.17) is 10.2 Å². The number of carbonyl (C=O) groups is 1. The molecule has 0 aliphatic carbocycles. The zero-order valence-corrected chi connectivity index (χ0v) is 9.87. The van der Waals surface area contributed by atoms with Crippen LogP contribution in [0.15, 0.2) is 22.7 Å². The third-order valence-corrected chi connectivity index (χ3v) is 2.64. The quantitative estimate of drug-likeness (QED) is 0.764. The lowest BCUT2D eigenvalue weighted by atomic mass is 10.2. The average Bonchev–Trinajstić information content (AvgIpc) is 2.28. The molecular weight excluding hydrogens is 281 g/mol. The fourth-order valence-corrected chi connectivity index (χ4v) is 1.51. The van der Waals surface area contributed by atoms with Crippen molar-refractivity contribution in [3.8, 4) is 0 Å². The van der Waals surface area contributed by atoms with Crippen molar-refractivity contribution < 1.29 is 19.4 Å². The van der Waals surface area contributed by atoms with Gasteiger partial charge in [0, 0.05) is 4.47 Å². The van der Waals surface area contributed by atoms with Crippen LogP contribution in [0.1, 0.15) is 10.4 Å². The number of hydrogen-bond acceptors (Lipinski definition) is 3. The molecule has 0 aromatic heterocycles. The first-order chi connectivity index (χ1) is 7.58. The maximum Gasteiger partial charge on any atom is 0.252 e. The van der Waals surface area contributed by atoms with Crippen LogP contribution in [0.5, 0.6) is 0 Å². The predicted octanol–water partition coefficient (Wildman–Crippen LogP) is 0.671. The molecule has 0 saturated heterocycles. The molecule has 1 aromatic rings. The Morgan fingerprint density at radius 1 is 1.44 bits per heavy atom. The summed E-state index contributed by atoms with van der Waals surface area (Å²) in [7, 11) is 0. The Bertz CT molecular complexity index is 382. The van der Waals surface area contributed by atoms with Gasteiger partial charge in [0.05, 0.1) is 24.8 Å². The van der Waals surface area contributed by atoms with E-state index in [1.165, 1.54) is 12.1 Å². The van der Waals surface area contributed by atoms with Gasteiger partial charge in [0.1, 0.15) is 5.82 Å². The third kappa shape index (κ3) is 3.26. The molecule has 1 amide bonds. The Balaban J connectivity index is 2.83. The second-order valence-electron chi connectivity index (χ2n) is 3.16. The zero-order valence-electron chi connectivity index (χ0n) is 8.28. The maximum absolute atomic E-state index is 12.9. The minimum Gasteiger partial charge on any atom is -0.394 e. The van der Waals surface area contributed by atoms with Gasteiger partial charge in [-0.15, -0.1) is 0 Å². The van der Waals surface area contributed by atoms with Crippen molar-refractivity contribution in [2.24, 2.45) is 0 Å². The standard InChI is InChI=1S/C10H11BrFNO3/c11-9-2-1-6(12)3-8(9)10(16)13-7(4-14)5-15/h1-3,7,14-15H,4-5H2,(H,13,16). The smallest absolute Gasteiger partial charge is 0.252 e. The van der Waals surface area contributed by atoms with E-state index in [0.29, 0.717) is 4.47 Å². The van der Waals surface area contributed by atoms with Crippen LogP contribution in [0.2, 0.25) is 0 Å². The molecule has 1 rings (SSSR count). The lowest BCUT2D eigenvalue weighted by Crippen LogP contribution is -2.40. The molecule has 4 nitrogen and oxygen atoms in total. The van der Waals surface area contributed by atoms with E-state index in [2.05, 4.69) is 21.2 Å². The van der Waals surface area contributed by atoms with E-state index in [-0.39, 0.29) is 18.8 Å². The third-order valence-electron chi connectivity index (χ3n) is 1.95. The molecule has 6 heteroatoms. The first-order valence-corrected chi connectivity index (χ1v) is 5.35. The number of rotatable bonds is 4. The van der Waals surface area contributed by atoms with Crippen molar-refractivity contribution in [3.63, 3.8) is 0 Å². The molecule has 0 aliphatic heterocycles. The molecule has 0 heterocycles. The first kappa shape index (κ1) is 13.1. The van der Waals surface area contributed by atoms with Crippen molar-refractivity contribution in [1.29, 1.82) is 0 Å². The SMILES string of the molecule is O=C(NC(CO)CO)c1cc(F)ccc1Br. The molecule has 16 heavy (non-hydrogen) atoms. The van der Waals surface area contributed by atoms with Crippen LogP contribution in [0.4, 0.5) is 4.39 Å². The molecule has 0 atom stereocenters. The van der Waals surface area contributed by atoms with E-state index in [9.17, 15) is 9.18 Å². The van der Waals surface area contributed by atoms with Crippen molar-refractivity contribution in [2.75, 3.05) is 13.2 Å². The second-order valence-corrected chi connectivity index (χ2v) is 4.01. The minimum atomic E-state index is -0.748. The average molecular weight is 292 g/mol. The van der Waals surface area contributed by atoms with E-state index >= 15 is 0 Å². The van der Waals surface area contributed by atoms with Gasteiger partial charge in [-0.2, -0.15) is 0 Å². The monoisotopic (exact) mass is 291 g/mol. The van der Waals surface area contributed by atoms with Gasteiger partial charge in [0.25, 0.3) is 5.91 Å². The topological polar surface area (TPSA) is 69.6 Å². The number of halogens is 2. The van der Waals surface area contributed by atoms with Crippen molar-refractivity contribution in [2.45, 2.75) is 6.04 Å². The van der Waals surface area contributed by atoms with Gasteiger partial charge >= 0.3 is 0 Å². The van der Waals surface area contributed by atoms with Gasteiger partial charge in [0.2, 0.25) is 0 Å². The summed E-state index contributed by atoms with van der Waals surface area (Å²) in [5, 5.41) is 19.9. The Labute approximate surface area is 100 Å². The van der Waals surface area contributed by atoms with Gasteiger partial charge in [0.15, 0.2) is 0 Å². The Hall–Kier alpha value is -0.980. The summed E-state index contributed by atoms with van der Waals surface area (Å²) < 4.78 is 13.4. The number of hydrogen-bond donors (Lipinski definition) is 3. The molecule has 1 aromatic carbocycles. The predicted molar refractivity (Wildman–Crippen MR) is 59.5 cm³/mol. The van der Waals surface area contributed by atoms with Gasteiger partial charge in [-0.05, 0) is 34.1 Å². The van der Waals surface area contributed by atoms with Gasteiger partial charge < -0.3 is 15.5 Å². The van der Waals surface area contributed by atoms with Gasteiger partial charge in [-0.1, -0.05) is 0 Å². The molecule has 0 radical (unpaired) electrons. The summed E-state index contributed by atoms with van der Waals surface area (Å²) in [5.41, 5.74) is 0.118. The fraction of sp³-hybridized carbons (Fsp3) is 0.300. The number of aliphatic hydroxyl groups is 2. The van der Waals surface area contributed by atoms with Crippen LogP contribution in [0.3, 0.4) is 0 Å². The Kier molecular flexibility index (Phi) is 4.85. The fourth-order valence-electron chi connectivity index (χ4n) is 1.08. The van der Waals surface area contributed by atoms with Gasteiger partial charge in [-0.3, -0.25) is 4.79 Å². The molecule has 0 spiro atoms. The van der Waals surface area contributed by atoms with E-state index in [0.717, 1.165) is 6.07 Å². The molecule has 0 aliphatic rings. The Morgan fingerprint density at radius 3 is 2.62 bits per heavy atom. The van der Waals surface area contributed by atoms with Crippen molar-refractivity contribution in [3.05, 3.63) is 34.1 Å². The lowest BCUT2D eigenvalue weighted by Gasteiger charge is -2.13. The Morgan fingerprint density at radius 2 is 2.06 bits per heavy atom.